The summed E-state index contributed by atoms with van der Waals surface area (Å²) in [5, 5.41) is 0.361. The molecular formula is C14H11BrClNO2. The van der Waals surface area contributed by atoms with Crippen molar-refractivity contribution >= 4 is 39.0 Å². The van der Waals surface area contributed by atoms with E-state index in [0.29, 0.717) is 27.6 Å². The van der Waals surface area contributed by atoms with Crippen molar-refractivity contribution in [3.8, 4) is 5.75 Å². The van der Waals surface area contributed by atoms with Crippen LogP contribution < -0.4 is 10.5 Å². The Hall–Kier alpha value is -1.52. The number of rotatable bonds is 3. The van der Waals surface area contributed by atoms with Crippen LogP contribution in [0.15, 0.2) is 40.9 Å². The molecule has 19 heavy (non-hydrogen) atoms. The summed E-state index contributed by atoms with van der Waals surface area (Å²) in [6.45, 7) is 0. The summed E-state index contributed by atoms with van der Waals surface area (Å²) < 4.78 is 6.00. The lowest BCUT2D eigenvalue weighted by atomic mass is 10.0. The molecule has 98 valence electrons. The zero-order valence-electron chi connectivity index (χ0n) is 10.1. The van der Waals surface area contributed by atoms with Crippen molar-refractivity contribution in [3.63, 3.8) is 0 Å². The predicted octanol–water partition coefficient (Wildman–Crippen LogP) is 3.92. The van der Waals surface area contributed by atoms with Crippen LogP contribution in [-0.2, 0) is 0 Å². The number of benzene rings is 2. The maximum Gasteiger partial charge on any atom is 0.196 e. The highest BCUT2D eigenvalue weighted by Crippen LogP contribution is 2.27. The summed E-state index contributed by atoms with van der Waals surface area (Å²) in [5.74, 6) is 0.348. The van der Waals surface area contributed by atoms with Gasteiger partial charge in [0.25, 0.3) is 0 Å². The van der Waals surface area contributed by atoms with E-state index in [9.17, 15) is 4.79 Å². The van der Waals surface area contributed by atoms with Gasteiger partial charge in [-0.2, -0.15) is 0 Å². The third-order valence-electron chi connectivity index (χ3n) is 2.67. The first-order chi connectivity index (χ1) is 9.02. The number of ketones is 1. The van der Waals surface area contributed by atoms with Gasteiger partial charge in [-0.25, -0.2) is 0 Å². The molecule has 0 fully saturated rings. The molecule has 0 bridgehead atoms. The van der Waals surface area contributed by atoms with Gasteiger partial charge in [0.15, 0.2) is 5.78 Å². The molecule has 2 N–H and O–H groups in total. The number of nitrogens with two attached hydrogens (primary N) is 1. The smallest absolute Gasteiger partial charge is 0.196 e. The van der Waals surface area contributed by atoms with Crippen LogP contribution in [0.1, 0.15) is 15.9 Å². The Morgan fingerprint density at radius 2 is 2.00 bits per heavy atom. The zero-order chi connectivity index (χ0) is 14.0. The van der Waals surface area contributed by atoms with Crippen LogP contribution in [-0.4, -0.2) is 12.9 Å². The molecule has 2 rings (SSSR count). The second-order valence-electron chi connectivity index (χ2n) is 3.91. The van der Waals surface area contributed by atoms with Crippen LogP contribution in [0, 0.1) is 0 Å². The van der Waals surface area contributed by atoms with E-state index in [-0.39, 0.29) is 5.78 Å². The zero-order valence-corrected chi connectivity index (χ0v) is 12.5. The van der Waals surface area contributed by atoms with Crippen molar-refractivity contribution in [2.45, 2.75) is 0 Å². The van der Waals surface area contributed by atoms with Gasteiger partial charge in [-0.05, 0) is 36.4 Å². The minimum absolute atomic E-state index is 0.167. The minimum Gasteiger partial charge on any atom is -0.496 e. The second kappa shape index (κ2) is 5.63. The number of nitrogen functional groups attached to an aromatic ring is 1. The predicted molar refractivity (Wildman–Crippen MR) is 80.0 cm³/mol. The third-order valence-corrected chi connectivity index (χ3v) is 3.49. The Kier molecular flexibility index (Phi) is 4.12. The monoisotopic (exact) mass is 339 g/mol. The minimum atomic E-state index is -0.167. The average Bonchev–Trinajstić information content (AvgIpc) is 2.41. The van der Waals surface area contributed by atoms with Gasteiger partial charge in [-0.15, -0.1) is 0 Å². The highest BCUT2D eigenvalue weighted by Gasteiger charge is 2.15. The largest absolute Gasteiger partial charge is 0.496 e. The molecule has 2 aromatic rings. The Labute approximate surface area is 124 Å². The molecule has 0 saturated heterocycles. The molecule has 0 aromatic heterocycles. The number of halogens is 2. The molecule has 2 aromatic carbocycles. The van der Waals surface area contributed by atoms with Crippen molar-refractivity contribution in [2.75, 3.05) is 12.8 Å². The van der Waals surface area contributed by atoms with Crippen molar-refractivity contribution in [3.05, 3.63) is 57.0 Å². The normalized spacial score (nSPS) is 10.3. The van der Waals surface area contributed by atoms with Gasteiger partial charge in [-0.1, -0.05) is 27.5 Å². The molecule has 0 saturated carbocycles. The number of methoxy groups -OCH3 is 1. The summed E-state index contributed by atoms with van der Waals surface area (Å²) >= 11 is 9.27. The van der Waals surface area contributed by atoms with Gasteiger partial charge in [0, 0.05) is 10.0 Å². The van der Waals surface area contributed by atoms with Crippen molar-refractivity contribution in [1.29, 1.82) is 0 Å². The Morgan fingerprint density at radius 1 is 1.26 bits per heavy atom. The SMILES string of the molecule is COc1ccc(Br)cc1C(=O)c1ccc(N)c(Cl)c1. The fourth-order valence-corrected chi connectivity index (χ4v) is 2.22. The maximum absolute atomic E-state index is 12.4. The summed E-state index contributed by atoms with van der Waals surface area (Å²) in [5.41, 5.74) is 7.01. The van der Waals surface area contributed by atoms with E-state index in [4.69, 9.17) is 22.1 Å². The van der Waals surface area contributed by atoms with E-state index in [1.807, 2.05) is 6.07 Å². The van der Waals surface area contributed by atoms with E-state index >= 15 is 0 Å². The van der Waals surface area contributed by atoms with Gasteiger partial charge in [-0.3, -0.25) is 4.79 Å². The molecule has 5 heteroatoms. The standard InChI is InChI=1S/C14H11BrClNO2/c1-19-13-5-3-9(15)7-10(13)14(18)8-2-4-12(17)11(16)6-8/h2-7H,17H2,1H3. The molecule has 0 radical (unpaired) electrons. The van der Waals surface area contributed by atoms with E-state index in [2.05, 4.69) is 15.9 Å². The molecular weight excluding hydrogens is 330 g/mol. The van der Waals surface area contributed by atoms with Gasteiger partial charge in [0.2, 0.25) is 0 Å². The second-order valence-corrected chi connectivity index (χ2v) is 5.23. The molecule has 0 aliphatic carbocycles. The third kappa shape index (κ3) is 2.91. The highest BCUT2D eigenvalue weighted by molar-refractivity contribution is 9.10. The maximum atomic E-state index is 12.4. The number of anilines is 1. The fourth-order valence-electron chi connectivity index (χ4n) is 1.68. The highest BCUT2D eigenvalue weighted by atomic mass is 79.9. The van der Waals surface area contributed by atoms with E-state index in [0.717, 1.165) is 4.47 Å². The van der Waals surface area contributed by atoms with E-state index in [1.165, 1.54) is 7.11 Å². The quantitative estimate of drug-likeness (QED) is 0.680. The lowest BCUT2D eigenvalue weighted by Gasteiger charge is -2.09. The van der Waals surface area contributed by atoms with Crippen LogP contribution >= 0.6 is 27.5 Å². The van der Waals surface area contributed by atoms with Crippen molar-refractivity contribution < 1.29 is 9.53 Å². The van der Waals surface area contributed by atoms with Crippen LogP contribution in [0.25, 0.3) is 0 Å². The topological polar surface area (TPSA) is 52.3 Å². The number of carbonyl (C=O) groups excluding carboxylic acids is 1. The Bertz CT molecular complexity index is 643. The van der Waals surface area contributed by atoms with Crippen LogP contribution in [0.3, 0.4) is 0 Å². The Morgan fingerprint density at radius 3 is 2.63 bits per heavy atom. The summed E-state index contributed by atoms with van der Waals surface area (Å²) in [6, 6.07) is 10.1. The average molecular weight is 341 g/mol. The molecule has 0 aliphatic heterocycles. The first kappa shape index (κ1) is 13.9. The summed E-state index contributed by atoms with van der Waals surface area (Å²) in [4.78, 5) is 12.4. The van der Waals surface area contributed by atoms with Gasteiger partial charge in [0.05, 0.1) is 23.4 Å². The number of hydrogen-bond donors (Lipinski definition) is 1. The van der Waals surface area contributed by atoms with Crippen LogP contribution in [0.5, 0.6) is 5.75 Å². The number of ether oxygens (including phenoxy) is 1. The molecule has 0 spiro atoms. The van der Waals surface area contributed by atoms with Gasteiger partial charge < -0.3 is 10.5 Å². The summed E-state index contributed by atoms with van der Waals surface area (Å²) in [6.07, 6.45) is 0. The van der Waals surface area contributed by atoms with Crippen molar-refractivity contribution in [1.82, 2.24) is 0 Å². The van der Waals surface area contributed by atoms with Crippen LogP contribution in [0.2, 0.25) is 5.02 Å². The first-order valence-corrected chi connectivity index (χ1v) is 6.63. The molecule has 0 aliphatic rings. The fraction of sp³-hybridized carbons (Fsp3) is 0.0714. The lowest BCUT2D eigenvalue weighted by Crippen LogP contribution is -2.04. The molecule has 0 unspecified atom stereocenters. The lowest BCUT2D eigenvalue weighted by molar-refractivity contribution is 0.103. The molecule has 0 heterocycles. The van der Waals surface area contributed by atoms with Crippen molar-refractivity contribution in [2.24, 2.45) is 0 Å². The van der Waals surface area contributed by atoms with E-state index in [1.54, 1.807) is 30.3 Å². The number of hydrogen-bond acceptors (Lipinski definition) is 3. The molecule has 0 amide bonds. The molecule has 0 atom stereocenters. The summed E-state index contributed by atoms with van der Waals surface area (Å²) in [7, 11) is 1.52. The van der Waals surface area contributed by atoms with Gasteiger partial charge in [0.1, 0.15) is 5.75 Å². The molecule has 3 nitrogen and oxygen atoms in total. The Balaban J connectivity index is 2.49. The van der Waals surface area contributed by atoms with Gasteiger partial charge >= 0.3 is 0 Å². The first-order valence-electron chi connectivity index (χ1n) is 5.46. The van der Waals surface area contributed by atoms with E-state index < -0.39 is 0 Å². The van der Waals surface area contributed by atoms with Crippen LogP contribution in [0.4, 0.5) is 5.69 Å². The number of carbonyl (C=O) groups is 1.